The topological polar surface area (TPSA) is 81.1 Å². The highest BCUT2D eigenvalue weighted by molar-refractivity contribution is 7.91. The van der Waals surface area contributed by atoms with Crippen LogP contribution in [0.2, 0.25) is 0 Å². The van der Waals surface area contributed by atoms with Crippen LogP contribution in [0.5, 0.6) is 0 Å². The number of aromatic nitrogens is 2. The molecule has 1 aromatic carbocycles. The van der Waals surface area contributed by atoms with Crippen molar-refractivity contribution in [1.29, 1.82) is 0 Å². The van der Waals surface area contributed by atoms with E-state index in [1.54, 1.807) is 32.3 Å². The quantitative estimate of drug-likeness (QED) is 0.723. The van der Waals surface area contributed by atoms with Crippen LogP contribution in [0.25, 0.3) is 5.57 Å². The molecule has 0 aliphatic heterocycles. The molecule has 0 saturated heterocycles. The van der Waals surface area contributed by atoms with Gasteiger partial charge in [-0.15, -0.1) is 0 Å². The highest BCUT2D eigenvalue weighted by atomic mass is 32.2. The molecule has 0 unspecified atom stereocenters. The highest BCUT2D eigenvalue weighted by Crippen LogP contribution is 2.34. The molecule has 1 aliphatic carbocycles. The maximum Gasteiger partial charge on any atom is 0.257 e. The van der Waals surface area contributed by atoms with Gasteiger partial charge in [0.15, 0.2) is 15.7 Å². The molecule has 1 amide bonds. The SMILES string of the molecule is CCS(=O)(=O)c1ccc(/C(=C\[C@H]2C[C@@H](F)[C@@H](F)C2)C(=O)Nc2ccn(C)n2)cc1. The number of hydrogen-bond donors (Lipinski definition) is 1. The number of nitrogens with one attached hydrogen (secondary N) is 1. The zero-order valence-electron chi connectivity index (χ0n) is 16.2. The second kappa shape index (κ2) is 8.44. The van der Waals surface area contributed by atoms with Gasteiger partial charge in [0.05, 0.1) is 10.6 Å². The van der Waals surface area contributed by atoms with E-state index in [0.717, 1.165) is 0 Å². The third-order valence-corrected chi connectivity index (χ3v) is 6.71. The summed E-state index contributed by atoms with van der Waals surface area (Å²) >= 11 is 0. The Hall–Kier alpha value is -2.55. The molecule has 2 aromatic rings. The first-order valence-electron chi connectivity index (χ1n) is 9.33. The minimum Gasteiger partial charge on any atom is -0.305 e. The number of aryl methyl sites for hydroxylation is 1. The van der Waals surface area contributed by atoms with Crippen molar-refractivity contribution in [3.8, 4) is 0 Å². The Labute approximate surface area is 168 Å². The lowest BCUT2D eigenvalue weighted by Crippen LogP contribution is -2.15. The third-order valence-electron chi connectivity index (χ3n) is 4.95. The fourth-order valence-electron chi connectivity index (χ4n) is 3.32. The first-order valence-corrected chi connectivity index (χ1v) is 11.0. The fourth-order valence-corrected chi connectivity index (χ4v) is 4.20. The number of anilines is 1. The minimum atomic E-state index is -3.38. The molecule has 29 heavy (non-hydrogen) atoms. The molecule has 3 atom stereocenters. The summed E-state index contributed by atoms with van der Waals surface area (Å²) in [7, 11) is -1.67. The number of nitrogens with zero attached hydrogens (tertiary/aromatic N) is 2. The van der Waals surface area contributed by atoms with E-state index in [4.69, 9.17) is 0 Å². The number of sulfone groups is 1. The molecule has 6 nitrogen and oxygen atoms in total. The van der Waals surface area contributed by atoms with E-state index >= 15 is 0 Å². The molecule has 156 valence electrons. The monoisotopic (exact) mass is 423 g/mol. The molecule has 1 N–H and O–H groups in total. The number of alkyl halides is 2. The molecule has 1 heterocycles. The predicted molar refractivity (Wildman–Crippen MR) is 106 cm³/mol. The normalized spacial score (nSPS) is 22.6. The van der Waals surface area contributed by atoms with Crippen LogP contribution in [0.1, 0.15) is 25.3 Å². The van der Waals surface area contributed by atoms with Crippen LogP contribution >= 0.6 is 0 Å². The molecule has 1 aliphatic rings. The lowest BCUT2D eigenvalue weighted by atomic mass is 9.98. The Kier molecular flexibility index (Phi) is 6.16. The lowest BCUT2D eigenvalue weighted by molar-refractivity contribution is -0.111. The molecule has 1 fully saturated rings. The summed E-state index contributed by atoms with van der Waals surface area (Å²) in [5, 5.41) is 6.77. The Bertz CT molecular complexity index is 1010. The van der Waals surface area contributed by atoms with Crippen LogP contribution in [0.3, 0.4) is 0 Å². The summed E-state index contributed by atoms with van der Waals surface area (Å²) in [5.41, 5.74) is 0.689. The number of halogens is 2. The van der Waals surface area contributed by atoms with Gasteiger partial charge >= 0.3 is 0 Å². The summed E-state index contributed by atoms with van der Waals surface area (Å²) in [6.45, 7) is 1.55. The van der Waals surface area contributed by atoms with Crippen molar-refractivity contribution in [2.45, 2.75) is 37.0 Å². The molecule has 1 aromatic heterocycles. The van der Waals surface area contributed by atoms with Crippen molar-refractivity contribution in [1.82, 2.24) is 9.78 Å². The van der Waals surface area contributed by atoms with Crippen LogP contribution in [-0.4, -0.2) is 42.2 Å². The van der Waals surface area contributed by atoms with Gasteiger partial charge in [-0.3, -0.25) is 9.48 Å². The standard InChI is InChI=1S/C20H23F2N3O3S/c1-3-29(27,28)15-6-4-14(5-7-15)16(10-13-11-17(21)18(22)12-13)20(26)23-19-8-9-25(2)24-19/h4-10,13,17-18H,3,11-12H2,1-2H3,(H,23,24,26)/b16-10+/t13-,17+,18-. The molecular weight excluding hydrogens is 400 g/mol. The van der Waals surface area contributed by atoms with Crippen molar-refractivity contribution in [3.63, 3.8) is 0 Å². The molecule has 1 saturated carbocycles. The first kappa shape index (κ1) is 21.2. The average Bonchev–Trinajstić information content (AvgIpc) is 3.24. The maximum atomic E-state index is 13.6. The summed E-state index contributed by atoms with van der Waals surface area (Å²) in [4.78, 5) is 13.0. The van der Waals surface area contributed by atoms with Crippen LogP contribution in [0.15, 0.2) is 47.5 Å². The zero-order valence-corrected chi connectivity index (χ0v) is 17.0. The van der Waals surface area contributed by atoms with E-state index in [9.17, 15) is 22.0 Å². The number of amides is 1. The molecule has 3 rings (SSSR count). The first-order chi connectivity index (χ1) is 13.7. The van der Waals surface area contributed by atoms with Crippen LogP contribution in [0, 0.1) is 5.92 Å². The third kappa shape index (κ3) is 4.90. The second-order valence-electron chi connectivity index (χ2n) is 7.10. The minimum absolute atomic E-state index is 0.00380. The Morgan fingerprint density at radius 1 is 1.21 bits per heavy atom. The van der Waals surface area contributed by atoms with Crippen molar-refractivity contribution in [2.24, 2.45) is 13.0 Å². The van der Waals surface area contributed by atoms with Crippen molar-refractivity contribution < 1.29 is 22.0 Å². The van der Waals surface area contributed by atoms with Gasteiger partial charge in [0.1, 0.15) is 12.3 Å². The van der Waals surface area contributed by atoms with Crippen molar-refractivity contribution in [3.05, 3.63) is 48.2 Å². The van der Waals surface area contributed by atoms with Gasteiger partial charge in [0.2, 0.25) is 0 Å². The number of carbonyl (C=O) groups is 1. The predicted octanol–water partition coefficient (Wildman–Crippen LogP) is 3.32. The molecule has 9 heteroatoms. The maximum absolute atomic E-state index is 13.6. The molecule has 0 radical (unpaired) electrons. The van der Waals surface area contributed by atoms with Gasteiger partial charge in [0.25, 0.3) is 5.91 Å². The van der Waals surface area contributed by atoms with Crippen molar-refractivity contribution in [2.75, 3.05) is 11.1 Å². The summed E-state index contributed by atoms with van der Waals surface area (Å²) in [6.07, 6.45) is 0.144. The Morgan fingerprint density at radius 3 is 2.34 bits per heavy atom. The van der Waals surface area contributed by atoms with Crippen LogP contribution in [0.4, 0.5) is 14.6 Å². The molecule has 0 spiro atoms. The fraction of sp³-hybridized carbons (Fsp3) is 0.400. The van der Waals surface area contributed by atoms with Gasteiger partial charge in [0, 0.05) is 24.9 Å². The molecular formula is C20H23F2N3O3S. The molecule has 0 bridgehead atoms. The van der Waals surface area contributed by atoms with E-state index in [2.05, 4.69) is 10.4 Å². The number of rotatable bonds is 6. The highest BCUT2D eigenvalue weighted by Gasteiger charge is 2.34. The Morgan fingerprint density at radius 2 is 1.83 bits per heavy atom. The van der Waals surface area contributed by atoms with Gasteiger partial charge in [-0.25, -0.2) is 17.2 Å². The van der Waals surface area contributed by atoms with Crippen LogP contribution < -0.4 is 5.32 Å². The van der Waals surface area contributed by atoms with Crippen molar-refractivity contribution >= 4 is 27.1 Å². The van der Waals surface area contributed by atoms with Gasteiger partial charge in [-0.1, -0.05) is 25.1 Å². The lowest BCUT2D eigenvalue weighted by Gasteiger charge is -2.12. The summed E-state index contributed by atoms with van der Waals surface area (Å²) in [6, 6.07) is 7.54. The van der Waals surface area contributed by atoms with E-state index in [1.807, 2.05) is 0 Å². The number of hydrogen-bond acceptors (Lipinski definition) is 4. The average molecular weight is 423 g/mol. The number of benzene rings is 1. The van der Waals surface area contributed by atoms with E-state index in [-0.39, 0.29) is 29.1 Å². The van der Waals surface area contributed by atoms with E-state index in [0.29, 0.717) is 11.4 Å². The number of carbonyl (C=O) groups excluding carboxylic acids is 1. The van der Waals surface area contributed by atoms with Gasteiger partial charge in [-0.2, -0.15) is 5.10 Å². The van der Waals surface area contributed by atoms with Crippen LogP contribution in [-0.2, 0) is 21.7 Å². The van der Waals surface area contributed by atoms with Gasteiger partial charge in [-0.05, 0) is 36.5 Å². The van der Waals surface area contributed by atoms with E-state index in [1.165, 1.54) is 28.9 Å². The number of allylic oxidation sites excluding steroid dienone is 1. The Balaban J connectivity index is 1.93. The summed E-state index contributed by atoms with van der Waals surface area (Å²) < 4.78 is 52.8. The smallest absolute Gasteiger partial charge is 0.257 e. The summed E-state index contributed by atoms with van der Waals surface area (Å²) in [5.74, 6) is -0.602. The second-order valence-corrected chi connectivity index (χ2v) is 9.38. The largest absolute Gasteiger partial charge is 0.305 e. The zero-order chi connectivity index (χ0) is 21.2. The van der Waals surface area contributed by atoms with Gasteiger partial charge < -0.3 is 5.32 Å². The van der Waals surface area contributed by atoms with E-state index < -0.39 is 34.0 Å².